The quantitative estimate of drug-likeness (QED) is 0.872. The number of aryl methyl sites for hydroxylation is 1. The van der Waals surface area contributed by atoms with Gasteiger partial charge in [0.05, 0.1) is 19.3 Å². The number of rotatable bonds is 6. The highest BCUT2D eigenvalue weighted by molar-refractivity contribution is 7.12. The minimum Gasteiger partial charge on any atom is -0.379 e. The Kier molecular flexibility index (Phi) is 5.61. The SMILES string of the molecule is CCCNC(c1ccc(C)s1)C(C)(C)N1CCOCC1. The number of ether oxygens (including phenoxy) is 1. The van der Waals surface area contributed by atoms with Crippen LogP contribution in [0.2, 0.25) is 0 Å². The van der Waals surface area contributed by atoms with Crippen molar-refractivity contribution in [3.8, 4) is 0 Å². The molecule has 4 heteroatoms. The summed E-state index contributed by atoms with van der Waals surface area (Å²) in [5, 5.41) is 3.76. The first kappa shape index (κ1) is 16.0. The van der Waals surface area contributed by atoms with Crippen molar-refractivity contribution >= 4 is 11.3 Å². The summed E-state index contributed by atoms with van der Waals surface area (Å²) in [6, 6.07) is 4.91. The van der Waals surface area contributed by atoms with Crippen LogP contribution >= 0.6 is 11.3 Å². The van der Waals surface area contributed by atoms with E-state index in [1.165, 1.54) is 16.2 Å². The van der Waals surface area contributed by atoms with E-state index < -0.39 is 0 Å². The summed E-state index contributed by atoms with van der Waals surface area (Å²) in [5.74, 6) is 0. The standard InChI is InChI=1S/C16H28N2OS/c1-5-8-17-15(14-7-6-13(2)20-14)16(3,4)18-9-11-19-12-10-18/h6-7,15,17H,5,8-12H2,1-4H3. The Balaban J connectivity index is 2.19. The molecule has 114 valence electrons. The van der Waals surface area contributed by atoms with Gasteiger partial charge in [-0.15, -0.1) is 11.3 Å². The van der Waals surface area contributed by atoms with Crippen LogP contribution in [0, 0.1) is 6.92 Å². The predicted molar refractivity (Wildman–Crippen MR) is 86.6 cm³/mol. The van der Waals surface area contributed by atoms with E-state index in [1.807, 2.05) is 11.3 Å². The molecular formula is C16H28N2OS. The molecule has 3 nitrogen and oxygen atoms in total. The molecule has 0 saturated carbocycles. The first-order valence-electron chi connectivity index (χ1n) is 7.68. The van der Waals surface area contributed by atoms with Crippen LogP contribution in [0.25, 0.3) is 0 Å². The molecule has 1 aromatic heterocycles. The molecule has 20 heavy (non-hydrogen) atoms. The molecule has 1 fully saturated rings. The summed E-state index contributed by atoms with van der Waals surface area (Å²) in [5.41, 5.74) is 0.107. The molecule has 1 N–H and O–H groups in total. The predicted octanol–water partition coefficient (Wildman–Crippen LogP) is 3.21. The van der Waals surface area contributed by atoms with Crippen molar-refractivity contribution in [1.29, 1.82) is 0 Å². The van der Waals surface area contributed by atoms with Crippen molar-refractivity contribution < 1.29 is 4.74 Å². The Morgan fingerprint density at radius 1 is 1.35 bits per heavy atom. The molecule has 1 aliphatic heterocycles. The zero-order valence-electron chi connectivity index (χ0n) is 13.2. The average molecular weight is 296 g/mol. The van der Waals surface area contributed by atoms with E-state index in [1.54, 1.807) is 0 Å². The van der Waals surface area contributed by atoms with E-state index in [0.29, 0.717) is 6.04 Å². The van der Waals surface area contributed by atoms with Crippen molar-refractivity contribution in [3.05, 3.63) is 21.9 Å². The lowest BCUT2D eigenvalue weighted by Crippen LogP contribution is -2.56. The molecule has 1 saturated heterocycles. The number of morpholine rings is 1. The normalized spacial score (nSPS) is 19.2. The Morgan fingerprint density at radius 2 is 2.05 bits per heavy atom. The maximum absolute atomic E-state index is 5.51. The van der Waals surface area contributed by atoms with Crippen molar-refractivity contribution in [2.24, 2.45) is 0 Å². The monoisotopic (exact) mass is 296 g/mol. The number of hydrogen-bond donors (Lipinski definition) is 1. The van der Waals surface area contributed by atoms with E-state index in [9.17, 15) is 0 Å². The van der Waals surface area contributed by atoms with Gasteiger partial charge in [0, 0.05) is 28.4 Å². The largest absolute Gasteiger partial charge is 0.379 e. The maximum atomic E-state index is 5.51. The summed E-state index contributed by atoms with van der Waals surface area (Å²) in [7, 11) is 0. The Morgan fingerprint density at radius 3 is 2.60 bits per heavy atom. The van der Waals surface area contributed by atoms with Gasteiger partial charge in [-0.1, -0.05) is 6.92 Å². The highest BCUT2D eigenvalue weighted by Gasteiger charge is 2.37. The molecule has 0 bridgehead atoms. The van der Waals surface area contributed by atoms with E-state index in [2.05, 4.69) is 50.0 Å². The van der Waals surface area contributed by atoms with Crippen LogP contribution in [0.15, 0.2) is 12.1 Å². The van der Waals surface area contributed by atoms with Crippen LogP contribution < -0.4 is 5.32 Å². The van der Waals surface area contributed by atoms with Gasteiger partial charge in [0.2, 0.25) is 0 Å². The van der Waals surface area contributed by atoms with Crippen molar-refractivity contribution in [2.75, 3.05) is 32.8 Å². The molecule has 0 radical (unpaired) electrons. The van der Waals surface area contributed by atoms with Gasteiger partial charge in [0.1, 0.15) is 0 Å². The number of hydrogen-bond acceptors (Lipinski definition) is 4. The first-order chi connectivity index (χ1) is 9.55. The summed E-state index contributed by atoms with van der Waals surface area (Å²) in [6.07, 6.45) is 1.17. The minimum atomic E-state index is 0.107. The molecule has 1 aromatic rings. The molecule has 0 spiro atoms. The fraction of sp³-hybridized carbons (Fsp3) is 0.750. The molecule has 2 rings (SSSR count). The van der Waals surface area contributed by atoms with Crippen LogP contribution in [0.5, 0.6) is 0 Å². The number of thiophene rings is 1. The van der Waals surface area contributed by atoms with Gasteiger partial charge < -0.3 is 10.1 Å². The average Bonchev–Trinajstić information content (AvgIpc) is 2.86. The molecule has 1 atom stereocenters. The fourth-order valence-electron chi connectivity index (χ4n) is 2.92. The smallest absolute Gasteiger partial charge is 0.0596 e. The summed E-state index contributed by atoms with van der Waals surface area (Å²) < 4.78 is 5.51. The lowest BCUT2D eigenvalue weighted by atomic mass is 9.90. The lowest BCUT2D eigenvalue weighted by Gasteiger charge is -2.45. The number of nitrogens with zero attached hydrogens (tertiary/aromatic N) is 1. The summed E-state index contributed by atoms with van der Waals surface area (Å²) in [4.78, 5) is 5.41. The summed E-state index contributed by atoms with van der Waals surface area (Å²) >= 11 is 1.92. The van der Waals surface area contributed by atoms with E-state index in [-0.39, 0.29) is 5.54 Å². The maximum Gasteiger partial charge on any atom is 0.0596 e. The van der Waals surface area contributed by atoms with E-state index >= 15 is 0 Å². The van der Waals surface area contributed by atoms with E-state index in [0.717, 1.165) is 32.8 Å². The molecule has 0 aliphatic carbocycles. The second kappa shape index (κ2) is 7.03. The van der Waals surface area contributed by atoms with Gasteiger partial charge in [0.15, 0.2) is 0 Å². The van der Waals surface area contributed by atoms with Crippen LogP contribution in [0.3, 0.4) is 0 Å². The molecule has 0 aromatic carbocycles. The highest BCUT2D eigenvalue weighted by Crippen LogP contribution is 2.35. The van der Waals surface area contributed by atoms with Crippen molar-refractivity contribution in [2.45, 2.75) is 45.7 Å². The third-order valence-electron chi connectivity index (χ3n) is 4.18. The van der Waals surface area contributed by atoms with Crippen LogP contribution in [-0.4, -0.2) is 43.3 Å². The van der Waals surface area contributed by atoms with Gasteiger partial charge >= 0.3 is 0 Å². The molecule has 0 amide bonds. The van der Waals surface area contributed by atoms with E-state index in [4.69, 9.17) is 4.74 Å². The van der Waals surface area contributed by atoms with Gasteiger partial charge in [-0.3, -0.25) is 4.90 Å². The minimum absolute atomic E-state index is 0.107. The third kappa shape index (κ3) is 3.61. The zero-order valence-corrected chi connectivity index (χ0v) is 14.1. The van der Waals surface area contributed by atoms with Crippen LogP contribution in [0.1, 0.15) is 43.0 Å². The topological polar surface area (TPSA) is 24.5 Å². The Labute approximate surface area is 127 Å². The van der Waals surface area contributed by atoms with Gasteiger partial charge in [-0.2, -0.15) is 0 Å². The molecule has 1 aliphatic rings. The van der Waals surface area contributed by atoms with Gasteiger partial charge in [-0.05, 0) is 45.9 Å². The van der Waals surface area contributed by atoms with Crippen molar-refractivity contribution in [1.82, 2.24) is 10.2 Å². The third-order valence-corrected chi connectivity index (χ3v) is 5.24. The summed E-state index contributed by atoms with van der Waals surface area (Å²) in [6.45, 7) is 14.0. The number of nitrogens with one attached hydrogen (secondary N) is 1. The highest BCUT2D eigenvalue weighted by atomic mass is 32.1. The molecule has 1 unspecified atom stereocenters. The van der Waals surface area contributed by atoms with Crippen LogP contribution in [0.4, 0.5) is 0 Å². The fourth-order valence-corrected chi connectivity index (χ4v) is 4.05. The molecule has 2 heterocycles. The molecular weight excluding hydrogens is 268 g/mol. The second-order valence-electron chi connectivity index (χ2n) is 6.09. The van der Waals surface area contributed by atoms with Gasteiger partial charge in [-0.25, -0.2) is 0 Å². The van der Waals surface area contributed by atoms with Crippen molar-refractivity contribution in [3.63, 3.8) is 0 Å². The van der Waals surface area contributed by atoms with Gasteiger partial charge in [0.25, 0.3) is 0 Å². The van der Waals surface area contributed by atoms with Crippen LogP contribution in [-0.2, 0) is 4.74 Å². The Bertz CT molecular complexity index is 410. The second-order valence-corrected chi connectivity index (χ2v) is 7.41. The first-order valence-corrected chi connectivity index (χ1v) is 8.50. The lowest BCUT2D eigenvalue weighted by molar-refractivity contribution is -0.0233. The zero-order chi connectivity index (χ0) is 14.6. The Hall–Kier alpha value is -0.420.